The van der Waals surface area contributed by atoms with E-state index in [1.54, 1.807) is 12.1 Å². The molecule has 110 valence electrons. The number of benzene rings is 1. The third-order valence-electron chi connectivity index (χ3n) is 3.68. The first-order chi connectivity index (χ1) is 9.49. The Morgan fingerprint density at radius 3 is 2.75 bits per heavy atom. The fourth-order valence-electron chi connectivity index (χ4n) is 2.54. The largest absolute Gasteiger partial charge is 0.409 e. The zero-order valence-corrected chi connectivity index (χ0v) is 11.5. The van der Waals surface area contributed by atoms with Crippen molar-refractivity contribution in [1.29, 1.82) is 0 Å². The van der Waals surface area contributed by atoms with Gasteiger partial charge in [-0.1, -0.05) is 17.3 Å². The van der Waals surface area contributed by atoms with E-state index in [0.717, 1.165) is 19.4 Å². The molecule has 1 saturated carbocycles. The van der Waals surface area contributed by atoms with Crippen molar-refractivity contribution < 1.29 is 14.7 Å². The summed E-state index contributed by atoms with van der Waals surface area (Å²) in [7, 11) is 1.93. The Labute approximate surface area is 117 Å². The molecule has 0 unspecified atom stereocenters. The number of amidine groups is 1. The van der Waals surface area contributed by atoms with Crippen LogP contribution < -0.4 is 5.73 Å². The first-order valence-corrected chi connectivity index (χ1v) is 6.62. The third kappa shape index (κ3) is 3.46. The normalized spacial score (nSPS) is 22.9. The predicted molar refractivity (Wildman–Crippen MR) is 74.0 cm³/mol. The van der Waals surface area contributed by atoms with Crippen LogP contribution in [0.5, 0.6) is 0 Å². The predicted octanol–water partition coefficient (Wildman–Crippen LogP) is 1.12. The molecule has 20 heavy (non-hydrogen) atoms. The van der Waals surface area contributed by atoms with Crippen molar-refractivity contribution in [2.75, 3.05) is 13.6 Å². The second kappa shape index (κ2) is 6.19. The fourth-order valence-corrected chi connectivity index (χ4v) is 2.54. The summed E-state index contributed by atoms with van der Waals surface area (Å²) in [5.41, 5.74) is 6.35. The van der Waals surface area contributed by atoms with E-state index in [1.165, 1.54) is 6.07 Å². The number of rotatable bonds is 5. The molecule has 0 amide bonds. The molecule has 1 aromatic rings. The lowest BCUT2D eigenvalue weighted by atomic mass is 9.82. The highest BCUT2D eigenvalue weighted by Gasteiger charge is 2.27. The van der Waals surface area contributed by atoms with Crippen molar-refractivity contribution in [2.45, 2.75) is 25.5 Å². The van der Waals surface area contributed by atoms with E-state index < -0.39 is 0 Å². The van der Waals surface area contributed by atoms with Crippen LogP contribution in [0.4, 0.5) is 4.39 Å². The minimum atomic E-state index is -0.366. The topological polar surface area (TPSA) is 82.1 Å². The zero-order chi connectivity index (χ0) is 14.7. The molecule has 1 aliphatic carbocycles. The molecule has 5 nitrogen and oxygen atoms in total. The van der Waals surface area contributed by atoms with Gasteiger partial charge >= 0.3 is 0 Å². The van der Waals surface area contributed by atoms with Crippen LogP contribution in [-0.4, -0.2) is 40.7 Å². The van der Waals surface area contributed by atoms with Gasteiger partial charge in [-0.3, -0.25) is 0 Å². The lowest BCUT2D eigenvalue weighted by molar-refractivity contribution is 0.0272. The van der Waals surface area contributed by atoms with E-state index in [1.807, 2.05) is 11.9 Å². The lowest BCUT2D eigenvalue weighted by Gasteiger charge is -2.34. The van der Waals surface area contributed by atoms with Gasteiger partial charge in [-0.15, -0.1) is 0 Å². The molecule has 1 aromatic carbocycles. The van der Waals surface area contributed by atoms with Crippen LogP contribution in [0, 0.1) is 11.7 Å². The minimum absolute atomic E-state index is 0.104. The van der Waals surface area contributed by atoms with Crippen LogP contribution >= 0.6 is 0 Å². The molecule has 0 aliphatic heterocycles. The molecule has 2 rings (SSSR count). The smallest absolute Gasteiger partial charge is 0.170 e. The maximum atomic E-state index is 13.9. The van der Waals surface area contributed by atoms with Crippen molar-refractivity contribution in [2.24, 2.45) is 16.8 Å². The van der Waals surface area contributed by atoms with E-state index in [4.69, 9.17) is 10.9 Å². The minimum Gasteiger partial charge on any atom is -0.409 e. The monoisotopic (exact) mass is 281 g/mol. The van der Waals surface area contributed by atoms with Crippen molar-refractivity contribution in [1.82, 2.24) is 4.90 Å². The van der Waals surface area contributed by atoms with E-state index in [-0.39, 0.29) is 17.8 Å². The van der Waals surface area contributed by atoms with Crippen molar-refractivity contribution in [3.63, 3.8) is 0 Å². The molecule has 0 saturated heterocycles. The van der Waals surface area contributed by atoms with Crippen molar-refractivity contribution >= 4 is 5.84 Å². The molecule has 0 spiro atoms. The van der Waals surface area contributed by atoms with Gasteiger partial charge < -0.3 is 20.9 Å². The van der Waals surface area contributed by atoms with E-state index in [2.05, 4.69) is 5.16 Å². The average Bonchev–Trinajstić information content (AvgIpc) is 2.38. The molecule has 1 aliphatic rings. The first-order valence-electron chi connectivity index (χ1n) is 6.62. The van der Waals surface area contributed by atoms with E-state index in [0.29, 0.717) is 23.6 Å². The number of nitrogens with zero attached hydrogens (tertiary/aromatic N) is 2. The molecule has 6 heteroatoms. The molecular formula is C14H20FN3O2. The summed E-state index contributed by atoms with van der Waals surface area (Å²) in [4.78, 5) is 2.04. The van der Waals surface area contributed by atoms with E-state index >= 15 is 0 Å². The number of hydrogen-bond acceptors (Lipinski definition) is 4. The summed E-state index contributed by atoms with van der Waals surface area (Å²) < 4.78 is 13.9. The number of oxime groups is 1. The Hall–Kier alpha value is -1.66. The van der Waals surface area contributed by atoms with Crippen LogP contribution in [0.15, 0.2) is 23.4 Å². The van der Waals surface area contributed by atoms with Crippen LogP contribution in [0.25, 0.3) is 0 Å². The van der Waals surface area contributed by atoms with Gasteiger partial charge in [-0.25, -0.2) is 4.39 Å². The quantitative estimate of drug-likeness (QED) is 0.327. The highest BCUT2D eigenvalue weighted by atomic mass is 19.1. The highest BCUT2D eigenvalue weighted by molar-refractivity contribution is 5.97. The number of aliphatic hydroxyl groups excluding tert-OH is 1. The highest BCUT2D eigenvalue weighted by Crippen LogP contribution is 2.28. The van der Waals surface area contributed by atoms with Crippen molar-refractivity contribution in [3.8, 4) is 0 Å². The van der Waals surface area contributed by atoms with E-state index in [9.17, 15) is 9.50 Å². The number of halogens is 1. The molecule has 4 N–H and O–H groups in total. The Bertz CT molecular complexity index is 501. The average molecular weight is 281 g/mol. The van der Waals surface area contributed by atoms with Gasteiger partial charge in [0.1, 0.15) is 5.82 Å². The zero-order valence-electron chi connectivity index (χ0n) is 11.5. The molecule has 0 atom stereocenters. The standard InChI is InChI=1S/C14H20FN3O2/c1-18(7-9-4-12(19)5-9)8-11-3-2-10(6-13(11)15)14(16)17-20/h2-3,6,9,12,19-20H,4-5,7-8H2,1H3,(H2,16,17). The summed E-state index contributed by atoms with van der Waals surface area (Å²) in [6.07, 6.45) is 1.50. The van der Waals surface area contributed by atoms with Crippen LogP contribution in [0.1, 0.15) is 24.0 Å². The summed E-state index contributed by atoms with van der Waals surface area (Å²) >= 11 is 0. The Morgan fingerprint density at radius 1 is 1.50 bits per heavy atom. The molecule has 0 radical (unpaired) electrons. The van der Waals surface area contributed by atoms with Gasteiger partial charge in [-0.05, 0) is 31.9 Å². The Kier molecular flexibility index (Phi) is 4.57. The number of nitrogens with two attached hydrogens (primary N) is 1. The van der Waals surface area contributed by atoms with Gasteiger partial charge in [-0.2, -0.15) is 0 Å². The van der Waals surface area contributed by atoms with Crippen LogP contribution in [0.2, 0.25) is 0 Å². The summed E-state index contributed by atoms with van der Waals surface area (Å²) in [5, 5.41) is 20.7. The fraction of sp³-hybridized carbons (Fsp3) is 0.500. The summed E-state index contributed by atoms with van der Waals surface area (Å²) in [6.45, 7) is 1.34. The molecule has 1 fully saturated rings. The van der Waals surface area contributed by atoms with Gasteiger partial charge in [0.15, 0.2) is 5.84 Å². The van der Waals surface area contributed by atoms with Gasteiger partial charge in [0.2, 0.25) is 0 Å². The second-order valence-corrected chi connectivity index (χ2v) is 5.48. The number of aliphatic hydroxyl groups is 1. The Balaban J connectivity index is 1.95. The first kappa shape index (κ1) is 14.7. The van der Waals surface area contributed by atoms with Gasteiger partial charge in [0.25, 0.3) is 0 Å². The molecule has 0 bridgehead atoms. The second-order valence-electron chi connectivity index (χ2n) is 5.48. The maximum absolute atomic E-state index is 13.9. The molecular weight excluding hydrogens is 261 g/mol. The SMILES string of the molecule is CN(Cc1ccc(C(N)=NO)cc1F)CC1CC(O)C1. The number of hydrogen-bond donors (Lipinski definition) is 3. The summed E-state index contributed by atoms with van der Waals surface area (Å²) in [5.74, 6) is 0.0244. The van der Waals surface area contributed by atoms with Crippen LogP contribution in [-0.2, 0) is 6.54 Å². The van der Waals surface area contributed by atoms with Gasteiger partial charge in [0, 0.05) is 24.2 Å². The van der Waals surface area contributed by atoms with Gasteiger partial charge in [0.05, 0.1) is 6.10 Å². The summed E-state index contributed by atoms with van der Waals surface area (Å²) in [6, 6.07) is 4.55. The van der Waals surface area contributed by atoms with Crippen molar-refractivity contribution in [3.05, 3.63) is 35.1 Å². The molecule has 0 aromatic heterocycles. The maximum Gasteiger partial charge on any atom is 0.170 e. The Morgan fingerprint density at radius 2 is 2.20 bits per heavy atom. The molecule has 0 heterocycles. The third-order valence-corrected chi connectivity index (χ3v) is 3.68. The lowest BCUT2D eigenvalue weighted by Crippen LogP contribution is -2.36. The van der Waals surface area contributed by atoms with Crippen LogP contribution in [0.3, 0.4) is 0 Å².